The second-order valence-corrected chi connectivity index (χ2v) is 3.31. The van der Waals surface area contributed by atoms with Crippen LogP contribution in [0, 0.1) is 0 Å². The first kappa shape index (κ1) is 9.45. The number of nitrogens with one attached hydrogen (secondary N) is 2. The lowest BCUT2D eigenvalue weighted by molar-refractivity contribution is 0.101. The fourth-order valence-electron chi connectivity index (χ4n) is 1.37. The largest absolute Gasteiger partial charge is 0.298 e. The fourth-order valence-corrected chi connectivity index (χ4v) is 1.37. The Kier molecular flexibility index (Phi) is 2.25. The quantitative estimate of drug-likeness (QED) is 0.726. The van der Waals surface area contributed by atoms with E-state index in [9.17, 15) is 9.59 Å². The second-order valence-electron chi connectivity index (χ2n) is 3.31. The molecular formula is C11H10N2O2. The molecule has 0 bridgehead atoms. The fraction of sp³-hybridized carbons (Fsp3) is 0.0909. The topological polar surface area (TPSA) is 65.7 Å². The molecule has 4 nitrogen and oxygen atoms in total. The number of aromatic nitrogens is 2. The van der Waals surface area contributed by atoms with Gasteiger partial charge in [0.2, 0.25) is 0 Å². The number of carbonyl (C=O) groups is 1. The zero-order valence-electron chi connectivity index (χ0n) is 8.20. The molecule has 0 unspecified atom stereocenters. The first-order valence-corrected chi connectivity index (χ1v) is 4.56. The van der Waals surface area contributed by atoms with E-state index in [0.717, 1.165) is 11.3 Å². The minimum absolute atomic E-state index is 0.0316. The van der Waals surface area contributed by atoms with Crippen LogP contribution in [0.1, 0.15) is 17.3 Å². The zero-order chi connectivity index (χ0) is 10.8. The van der Waals surface area contributed by atoms with E-state index in [1.807, 2.05) is 0 Å². The highest BCUT2D eigenvalue weighted by Gasteiger charge is 2.02. The molecule has 76 valence electrons. The van der Waals surface area contributed by atoms with E-state index in [1.165, 1.54) is 13.0 Å². The molecule has 0 aliphatic heterocycles. The van der Waals surface area contributed by atoms with Crippen LogP contribution < -0.4 is 5.56 Å². The Bertz CT molecular complexity index is 534. The summed E-state index contributed by atoms with van der Waals surface area (Å²) >= 11 is 0. The maximum Gasteiger partial charge on any atom is 0.264 e. The second kappa shape index (κ2) is 3.57. The maximum atomic E-state index is 11.0. The van der Waals surface area contributed by atoms with Crippen molar-refractivity contribution >= 4 is 5.78 Å². The summed E-state index contributed by atoms with van der Waals surface area (Å²) < 4.78 is 0. The lowest BCUT2D eigenvalue weighted by Crippen LogP contribution is -1.93. The van der Waals surface area contributed by atoms with Crippen LogP contribution in [0.3, 0.4) is 0 Å². The Labute approximate surface area is 85.9 Å². The highest BCUT2D eigenvalue weighted by molar-refractivity contribution is 5.94. The minimum atomic E-state index is -0.166. The molecule has 0 aliphatic carbocycles. The highest BCUT2D eigenvalue weighted by atomic mass is 16.1. The average Bonchev–Trinajstić information content (AvgIpc) is 2.65. The van der Waals surface area contributed by atoms with Gasteiger partial charge in [-0.05, 0) is 12.5 Å². The summed E-state index contributed by atoms with van der Waals surface area (Å²) in [5, 5.41) is 5.20. The molecule has 0 saturated heterocycles. The Morgan fingerprint density at radius 3 is 2.27 bits per heavy atom. The number of H-pyrrole nitrogens is 2. The number of carbonyl (C=O) groups excluding carboxylic acids is 1. The van der Waals surface area contributed by atoms with Gasteiger partial charge >= 0.3 is 0 Å². The molecule has 2 rings (SSSR count). The van der Waals surface area contributed by atoms with Gasteiger partial charge in [0.1, 0.15) is 0 Å². The molecule has 2 aromatic rings. The van der Waals surface area contributed by atoms with Crippen molar-refractivity contribution in [1.29, 1.82) is 0 Å². The summed E-state index contributed by atoms with van der Waals surface area (Å²) in [6.07, 6.45) is 0. The van der Waals surface area contributed by atoms with Crippen molar-refractivity contribution in [2.75, 3.05) is 0 Å². The van der Waals surface area contributed by atoms with Gasteiger partial charge in [-0.3, -0.25) is 19.8 Å². The van der Waals surface area contributed by atoms with Crippen LogP contribution in [-0.2, 0) is 0 Å². The molecule has 1 aromatic carbocycles. The summed E-state index contributed by atoms with van der Waals surface area (Å²) in [5.74, 6) is 0.0316. The van der Waals surface area contributed by atoms with E-state index in [-0.39, 0.29) is 11.3 Å². The van der Waals surface area contributed by atoms with E-state index in [2.05, 4.69) is 10.2 Å². The van der Waals surface area contributed by atoms with Crippen LogP contribution >= 0.6 is 0 Å². The number of ketones is 1. The SMILES string of the molecule is CC(=O)c1ccc(-c2cc(=O)[nH][nH]2)cc1. The molecule has 0 radical (unpaired) electrons. The molecule has 0 amide bonds. The maximum absolute atomic E-state index is 11.0. The summed E-state index contributed by atoms with van der Waals surface area (Å²) in [4.78, 5) is 21.9. The van der Waals surface area contributed by atoms with E-state index in [0.29, 0.717) is 5.56 Å². The number of hydrogen-bond donors (Lipinski definition) is 2. The molecule has 4 heteroatoms. The van der Waals surface area contributed by atoms with E-state index in [4.69, 9.17) is 0 Å². The molecule has 15 heavy (non-hydrogen) atoms. The van der Waals surface area contributed by atoms with Crippen LogP contribution in [0.4, 0.5) is 0 Å². The van der Waals surface area contributed by atoms with Crippen molar-refractivity contribution in [1.82, 2.24) is 10.2 Å². The van der Waals surface area contributed by atoms with Crippen LogP contribution in [0.5, 0.6) is 0 Å². The van der Waals surface area contributed by atoms with Crippen molar-refractivity contribution in [3.63, 3.8) is 0 Å². The summed E-state index contributed by atoms with van der Waals surface area (Å²) in [6, 6.07) is 8.56. The third-order valence-electron chi connectivity index (χ3n) is 2.20. The van der Waals surface area contributed by atoms with Crippen LogP contribution in [0.25, 0.3) is 11.3 Å². The number of rotatable bonds is 2. The first-order valence-electron chi connectivity index (χ1n) is 4.56. The molecule has 0 fully saturated rings. The predicted molar refractivity (Wildman–Crippen MR) is 56.9 cm³/mol. The molecule has 1 aromatic heterocycles. The summed E-state index contributed by atoms with van der Waals surface area (Å²) in [7, 11) is 0. The van der Waals surface area contributed by atoms with E-state index < -0.39 is 0 Å². The molecule has 2 N–H and O–H groups in total. The van der Waals surface area contributed by atoms with Gasteiger partial charge in [0.15, 0.2) is 5.78 Å². The molecule has 0 saturated carbocycles. The Hall–Kier alpha value is -2.10. The van der Waals surface area contributed by atoms with Crippen LogP contribution in [0.15, 0.2) is 35.1 Å². The van der Waals surface area contributed by atoms with Crippen molar-refractivity contribution in [2.45, 2.75) is 6.92 Å². The van der Waals surface area contributed by atoms with Gasteiger partial charge < -0.3 is 0 Å². The van der Waals surface area contributed by atoms with Gasteiger partial charge in [-0.25, -0.2) is 0 Å². The van der Waals surface area contributed by atoms with Gasteiger partial charge in [-0.1, -0.05) is 24.3 Å². The van der Waals surface area contributed by atoms with E-state index >= 15 is 0 Å². The van der Waals surface area contributed by atoms with Crippen molar-refractivity contribution in [3.8, 4) is 11.3 Å². The monoisotopic (exact) mass is 202 g/mol. The lowest BCUT2D eigenvalue weighted by Gasteiger charge is -1.98. The number of hydrogen-bond acceptors (Lipinski definition) is 2. The Morgan fingerprint density at radius 1 is 1.13 bits per heavy atom. The minimum Gasteiger partial charge on any atom is -0.298 e. The summed E-state index contributed by atoms with van der Waals surface area (Å²) in [5.41, 5.74) is 2.09. The average molecular weight is 202 g/mol. The molecule has 0 atom stereocenters. The lowest BCUT2D eigenvalue weighted by atomic mass is 10.1. The van der Waals surface area contributed by atoms with Crippen LogP contribution in [0.2, 0.25) is 0 Å². The molecular weight excluding hydrogens is 192 g/mol. The number of aromatic amines is 2. The van der Waals surface area contributed by atoms with Gasteiger partial charge in [-0.2, -0.15) is 0 Å². The first-order chi connectivity index (χ1) is 7.16. The van der Waals surface area contributed by atoms with Gasteiger partial charge in [-0.15, -0.1) is 0 Å². The normalized spacial score (nSPS) is 10.2. The molecule has 0 aliphatic rings. The van der Waals surface area contributed by atoms with Crippen molar-refractivity contribution in [2.24, 2.45) is 0 Å². The number of Topliss-reactive ketones (excluding diaryl/α,β-unsaturated/α-hetero) is 1. The molecule has 1 heterocycles. The zero-order valence-corrected chi connectivity index (χ0v) is 8.20. The van der Waals surface area contributed by atoms with Crippen molar-refractivity contribution < 1.29 is 4.79 Å². The van der Waals surface area contributed by atoms with Crippen molar-refractivity contribution in [3.05, 3.63) is 46.2 Å². The number of benzene rings is 1. The summed E-state index contributed by atoms with van der Waals surface area (Å²) in [6.45, 7) is 1.52. The smallest absolute Gasteiger partial charge is 0.264 e. The predicted octanol–water partition coefficient (Wildman–Crippen LogP) is 1.57. The standard InChI is InChI=1S/C11H10N2O2/c1-7(14)8-2-4-9(5-3-8)10-6-11(15)13-12-10/h2-6H,1H3,(H2,12,13,15). The Morgan fingerprint density at radius 2 is 1.80 bits per heavy atom. The Balaban J connectivity index is 2.39. The third kappa shape index (κ3) is 1.88. The van der Waals surface area contributed by atoms with Gasteiger partial charge in [0.25, 0.3) is 5.56 Å². The molecule has 0 spiro atoms. The highest BCUT2D eigenvalue weighted by Crippen LogP contribution is 2.15. The third-order valence-corrected chi connectivity index (χ3v) is 2.20. The van der Waals surface area contributed by atoms with Gasteiger partial charge in [0.05, 0.1) is 5.69 Å². The van der Waals surface area contributed by atoms with E-state index in [1.54, 1.807) is 24.3 Å². The van der Waals surface area contributed by atoms with Gasteiger partial charge in [0, 0.05) is 11.6 Å². The van der Waals surface area contributed by atoms with Crippen LogP contribution in [-0.4, -0.2) is 16.0 Å².